The number of rotatable bonds is 9. The van der Waals surface area contributed by atoms with Crippen molar-refractivity contribution in [3.63, 3.8) is 0 Å². The molecule has 0 saturated heterocycles. The van der Waals surface area contributed by atoms with Gasteiger partial charge in [-0.05, 0) is 45.0 Å². The first-order chi connectivity index (χ1) is 11.4. The highest BCUT2D eigenvalue weighted by Gasteiger charge is 2.14. The predicted molar refractivity (Wildman–Crippen MR) is 92.8 cm³/mol. The zero-order valence-electron chi connectivity index (χ0n) is 15.0. The van der Waals surface area contributed by atoms with Gasteiger partial charge in [0, 0.05) is 0 Å². The summed E-state index contributed by atoms with van der Waals surface area (Å²) in [6.07, 6.45) is 8.09. The SMILES string of the molecule is CCCCN(CCCC)CCCC.Fc1c[c]([Al])c(F)c(F)c1F. The van der Waals surface area contributed by atoms with Crippen LogP contribution in [0.4, 0.5) is 17.6 Å². The van der Waals surface area contributed by atoms with Gasteiger partial charge in [0.05, 0.1) is 0 Å². The van der Waals surface area contributed by atoms with Crippen molar-refractivity contribution < 1.29 is 17.6 Å². The number of hydrogen-bond acceptors (Lipinski definition) is 1. The van der Waals surface area contributed by atoms with E-state index in [1.54, 1.807) is 16.3 Å². The lowest BCUT2D eigenvalue weighted by Gasteiger charge is -2.21. The second kappa shape index (κ2) is 13.7. The average molecular weight is 361 g/mol. The van der Waals surface area contributed by atoms with Crippen LogP contribution < -0.4 is 4.43 Å². The van der Waals surface area contributed by atoms with Crippen molar-refractivity contribution in [2.24, 2.45) is 0 Å². The van der Waals surface area contributed by atoms with E-state index in [1.807, 2.05) is 0 Å². The molecule has 0 atom stereocenters. The molecule has 0 heterocycles. The van der Waals surface area contributed by atoms with Gasteiger partial charge >= 0.3 is 0 Å². The minimum absolute atomic E-state index is 0.332. The number of hydrogen-bond donors (Lipinski definition) is 0. The molecule has 136 valence electrons. The summed E-state index contributed by atoms with van der Waals surface area (Å²) in [4.78, 5) is 2.64. The number of benzene rings is 1. The Bertz CT molecular complexity index is 424. The molecule has 0 aliphatic rings. The van der Waals surface area contributed by atoms with Gasteiger partial charge in [-0.25, -0.2) is 17.6 Å². The van der Waals surface area contributed by atoms with Crippen LogP contribution in [-0.2, 0) is 0 Å². The second-order valence-corrected chi connectivity index (χ2v) is 6.41. The molecule has 2 radical (unpaired) electrons. The molecular weight excluding hydrogens is 333 g/mol. The van der Waals surface area contributed by atoms with Gasteiger partial charge in [-0.15, -0.1) is 0 Å². The Morgan fingerprint density at radius 2 is 1.17 bits per heavy atom. The van der Waals surface area contributed by atoms with Gasteiger partial charge in [0.1, 0.15) is 5.82 Å². The van der Waals surface area contributed by atoms with Crippen molar-refractivity contribution in [1.82, 2.24) is 4.90 Å². The molecule has 0 unspecified atom stereocenters. The highest BCUT2D eigenvalue weighted by atomic mass is 27.0. The average Bonchev–Trinajstić information content (AvgIpc) is 2.58. The summed E-state index contributed by atoms with van der Waals surface area (Å²) in [5, 5.41) is 0. The second-order valence-electron chi connectivity index (χ2n) is 5.79. The summed E-state index contributed by atoms with van der Waals surface area (Å²) < 4.78 is 48.7. The van der Waals surface area contributed by atoms with E-state index in [4.69, 9.17) is 0 Å². The standard InChI is InChI=1S/C12H27N.C6HF4.Al/c1-4-7-10-13(11-8-5-2)12-9-6-3;7-3-1-2-4(8)6(10)5(3)9;/h4-12H2,1-3H3;1H;. The van der Waals surface area contributed by atoms with Gasteiger partial charge in [0.25, 0.3) is 0 Å². The molecule has 1 rings (SSSR count). The highest BCUT2D eigenvalue weighted by Crippen LogP contribution is 2.11. The normalized spacial score (nSPS) is 10.7. The van der Waals surface area contributed by atoms with Gasteiger partial charge in [0.15, 0.2) is 33.7 Å². The molecule has 0 amide bonds. The Hall–Kier alpha value is -0.568. The molecule has 24 heavy (non-hydrogen) atoms. The Kier molecular flexibility index (Phi) is 13.4. The number of unbranched alkanes of at least 4 members (excludes halogenated alkanes) is 3. The van der Waals surface area contributed by atoms with Crippen molar-refractivity contribution in [2.45, 2.75) is 59.3 Å². The van der Waals surface area contributed by atoms with Crippen LogP contribution in [0.5, 0.6) is 0 Å². The maximum absolute atomic E-state index is 12.4. The summed E-state index contributed by atoms with van der Waals surface area (Å²) in [7, 11) is 0. The fraction of sp³-hybridized carbons (Fsp3) is 0.667. The zero-order chi connectivity index (χ0) is 18.5. The maximum Gasteiger partial charge on any atom is 0.197 e. The molecule has 0 saturated carbocycles. The van der Waals surface area contributed by atoms with Crippen molar-refractivity contribution in [3.05, 3.63) is 29.3 Å². The molecule has 0 aromatic heterocycles. The van der Waals surface area contributed by atoms with Crippen LogP contribution in [0.2, 0.25) is 0 Å². The Labute approximate surface area is 151 Å². The van der Waals surface area contributed by atoms with Crippen molar-refractivity contribution in [2.75, 3.05) is 19.6 Å². The molecule has 1 nitrogen and oxygen atoms in total. The molecule has 0 spiro atoms. The van der Waals surface area contributed by atoms with E-state index in [0.717, 1.165) is 0 Å². The first kappa shape index (κ1) is 23.4. The smallest absolute Gasteiger partial charge is 0.197 e. The fourth-order valence-electron chi connectivity index (χ4n) is 2.07. The van der Waals surface area contributed by atoms with E-state index in [9.17, 15) is 17.6 Å². The summed E-state index contributed by atoms with van der Waals surface area (Å²) in [5.41, 5.74) is 0. The third-order valence-electron chi connectivity index (χ3n) is 3.61. The summed E-state index contributed by atoms with van der Waals surface area (Å²) in [5.74, 6) is -6.34. The van der Waals surface area contributed by atoms with E-state index in [2.05, 4.69) is 25.7 Å². The first-order valence-electron chi connectivity index (χ1n) is 8.69. The summed E-state index contributed by atoms with van der Waals surface area (Å²) in [6.45, 7) is 10.8. The van der Waals surface area contributed by atoms with Gasteiger partial charge in [0.2, 0.25) is 0 Å². The maximum atomic E-state index is 12.4. The van der Waals surface area contributed by atoms with Crippen molar-refractivity contribution >= 4 is 20.7 Å². The molecule has 0 N–H and O–H groups in total. The Balaban J connectivity index is 0.000000446. The molecule has 0 aliphatic carbocycles. The Morgan fingerprint density at radius 1 is 0.750 bits per heavy atom. The molecule has 0 fully saturated rings. The van der Waals surface area contributed by atoms with Crippen LogP contribution in [0.25, 0.3) is 0 Å². The lowest BCUT2D eigenvalue weighted by molar-refractivity contribution is 0.261. The monoisotopic (exact) mass is 361 g/mol. The van der Waals surface area contributed by atoms with E-state index >= 15 is 0 Å². The molecule has 0 bridgehead atoms. The largest absolute Gasteiger partial charge is 0.303 e. The summed E-state index contributed by atoms with van der Waals surface area (Å²) >= 11 is 1.76. The fourth-order valence-corrected chi connectivity index (χ4v) is 2.34. The quantitative estimate of drug-likeness (QED) is 0.266. The minimum Gasteiger partial charge on any atom is -0.303 e. The van der Waals surface area contributed by atoms with Crippen LogP contribution in [0.3, 0.4) is 0 Å². The van der Waals surface area contributed by atoms with E-state index in [-0.39, 0.29) is 4.43 Å². The zero-order valence-corrected chi connectivity index (χ0v) is 16.1. The first-order valence-corrected chi connectivity index (χ1v) is 9.27. The number of nitrogens with zero attached hydrogens (tertiary/aromatic N) is 1. The van der Waals surface area contributed by atoms with Gasteiger partial charge < -0.3 is 4.90 Å². The molecule has 6 heteroatoms. The van der Waals surface area contributed by atoms with Gasteiger partial charge in [-0.3, -0.25) is 0 Å². The van der Waals surface area contributed by atoms with Crippen LogP contribution >= 0.6 is 0 Å². The van der Waals surface area contributed by atoms with E-state index < -0.39 is 23.3 Å². The summed E-state index contributed by atoms with van der Waals surface area (Å²) in [6, 6.07) is 0.568. The van der Waals surface area contributed by atoms with Crippen molar-refractivity contribution in [3.8, 4) is 0 Å². The highest BCUT2D eigenvalue weighted by molar-refractivity contribution is 6.32. The molecular formula is C18H28AlF4N. The van der Waals surface area contributed by atoms with Crippen molar-refractivity contribution in [1.29, 1.82) is 0 Å². The van der Waals surface area contributed by atoms with Gasteiger partial charge in [-0.1, -0.05) is 44.5 Å². The number of halogens is 4. The van der Waals surface area contributed by atoms with E-state index in [0.29, 0.717) is 6.07 Å². The lowest BCUT2D eigenvalue weighted by atomic mass is 10.2. The molecule has 1 aromatic carbocycles. The topological polar surface area (TPSA) is 3.24 Å². The van der Waals surface area contributed by atoms with Crippen LogP contribution in [0.1, 0.15) is 59.3 Å². The lowest BCUT2D eigenvalue weighted by Crippen LogP contribution is -2.27. The van der Waals surface area contributed by atoms with Crippen LogP contribution in [0.15, 0.2) is 6.07 Å². The third-order valence-corrected chi connectivity index (χ3v) is 4.03. The van der Waals surface area contributed by atoms with Crippen LogP contribution in [0, 0.1) is 23.3 Å². The van der Waals surface area contributed by atoms with Crippen LogP contribution in [-0.4, -0.2) is 40.8 Å². The minimum atomic E-state index is -1.78. The van der Waals surface area contributed by atoms with Gasteiger partial charge in [-0.2, -0.15) is 0 Å². The predicted octanol–water partition coefficient (Wildman–Crippen LogP) is 4.73. The third kappa shape index (κ3) is 9.06. The molecule has 0 aliphatic heterocycles. The Morgan fingerprint density at radius 3 is 1.54 bits per heavy atom. The van der Waals surface area contributed by atoms with E-state index in [1.165, 1.54) is 58.2 Å². The molecule has 1 aromatic rings.